The molecule has 0 saturated heterocycles. The lowest BCUT2D eigenvalue weighted by atomic mass is 10.2. The highest BCUT2D eigenvalue weighted by molar-refractivity contribution is 6.16. The van der Waals surface area contributed by atoms with Gasteiger partial charge in [0.15, 0.2) is 0 Å². The molecule has 0 saturated carbocycles. The Morgan fingerprint density at radius 1 is 1.25 bits per heavy atom. The van der Waals surface area contributed by atoms with Crippen molar-refractivity contribution in [2.75, 3.05) is 0 Å². The van der Waals surface area contributed by atoms with E-state index >= 15 is 0 Å². The molecule has 0 unspecified atom stereocenters. The van der Waals surface area contributed by atoms with Crippen molar-refractivity contribution in [1.82, 2.24) is 14.5 Å². The van der Waals surface area contributed by atoms with Gasteiger partial charge in [0, 0.05) is 18.9 Å². The summed E-state index contributed by atoms with van der Waals surface area (Å²) in [6.45, 7) is 0.702. The molecule has 5 heteroatoms. The van der Waals surface area contributed by atoms with Crippen LogP contribution in [0, 0.1) is 5.82 Å². The molecule has 3 aromatic rings. The van der Waals surface area contributed by atoms with Gasteiger partial charge in [0.25, 0.3) is 0 Å². The number of rotatable bonds is 4. The first-order valence-corrected chi connectivity index (χ1v) is 6.91. The van der Waals surface area contributed by atoms with Crippen LogP contribution in [-0.2, 0) is 18.8 Å². The Morgan fingerprint density at radius 3 is 2.90 bits per heavy atom. The third-order valence-corrected chi connectivity index (χ3v) is 3.49. The van der Waals surface area contributed by atoms with Crippen molar-refractivity contribution in [3.8, 4) is 0 Å². The number of aryl methyl sites for hydroxylation is 2. The first-order valence-electron chi connectivity index (χ1n) is 6.37. The van der Waals surface area contributed by atoms with Gasteiger partial charge < -0.3 is 4.57 Å². The molecule has 0 aliphatic heterocycles. The van der Waals surface area contributed by atoms with Crippen LogP contribution in [0.1, 0.15) is 11.4 Å². The lowest BCUT2D eigenvalue weighted by molar-refractivity contribution is 0.626. The van der Waals surface area contributed by atoms with E-state index in [2.05, 4.69) is 9.97 Å². The second-order valence-corrected chi connectivity index (χ2v) is 4.82. The molecule has 1 aromatic carbocycles. The first kappa shape index (κ1) is 13.1. The van der Waals surface area contributed by atoms with E-state index in [4.69, 9.17) is 11.6 Å². The molecule has 0 radical (unpaired) electrons. The summed E-state index contributed by atoms with van der Waals surface area (Å²) < 4.78 is 15.4. The Kier molecular flexibility index (Phi) is 3.65. The summed E-state index contributed by atoms with van der Waals surface area (Å²) in [6, 6.07) is 8.53. The fourth-order valence-electron chi connectivity index (χ4n) is 2.28. The van der Waals surface area contributed by atoms with Crippen molar-refractivity contribution in [2.24, 2.45) is 0 Å². The average molecular weight is 290 g/mol. The fraction of sp³-hybridized carbons (Fsp3) is 0.200. The quantitative estimate of drug-likeness (QED) is 0.688. The summed E-state index contributed by atoms with van der Waals surface area (Å²) in [5, 5.41) is 0. The molecule has 0 N–H and O–H groups in total. The number of fused-ring (bicyclic) bond motifs is 1. The number of aromatic nitrogens is 3. The van der Waals surface area contributed by atoms with Crippen molar-refractivity contribution >= 4 is 22.6 Å². The zero-order chi connectivity index (χ0) is 13.9. The average Bonchev–Trinajstić information content (AvgIpc) is 2.83. The molecule has 0 atom stereocenters. The molecule has 2 heterocycles. The molecule has 3 rings (SSSR count). The molecule has 102 valence electrons. The van der Waals surface area contributed by atoms with Gasteiger partial charge in [-0.15, -0.1) is 11.6 Å². The van der Waals surface area contributed by atoms with E-state index in [0.29, 0.717) is 12.4 Å². The van der Waals surface area contributed by atoms with E-state index < -0.39 is 0 Å². The van der Waals surface area contributed by atoms with E-state index in [9.17, 15) is 4.39 Å². The zero-order valence-corrected chi connectivity index (χ0v) is 11.5. The Balaban J connectivity index is 1.95. The van der Waals surface area contributed by atoms with Crippen molar-refractivity contribution in [2.45, 2.75) is 18.8 Å². The molecule has 0 aliphatic carbocycles. The minimum Gasteiger partial charge on any atom is -0.327 e. The molecule has 0 spiro atoms. The van der Waals surface area contributed by atoms with Gasteiger partial charge in [-0.05, 0) is 36.2 Å². The maximum Gasteiger partial charge on any atom is 0.125 e. The molecule has 0 fully saturated rings. The number of halogens is 2. The van der Waals surface area contributed by atoms with Crippen LogP contribution in [0.15, 0.2) is 42.7 Å². The van der Waals surface area contributed by atoms with Crippen LogP contribution in [0.2, 0.25) is 0 Å². The number of pyridine rings is 1. The number of hydrogen-bond donors (Lipinski definition) is 0. The smallest absolute Gasteiger partial charge is 0.125 e. The van der Waals surface area contributed by atoms with E-state index in [1.807, 2.05) is 22.9 Å². The number of hydrogen-bond acceptors (Lipinski definition) is 2. The van der Waals surface area contributed by atoms with Gasteiger partial charge in [-0.25, -0.2) is 9.37 Å². The molecule has 2 aromatic heterocycles. The predicted molar refractivity (Wildman–Crippen MR) is 77.2 cm³/mol. The van der Waals surface area contributed by atoms with Crippen molar-refractivity contribution in [3.63, 3.8) is 0 Å². The third-order valence-electron chi connectivity index (χ3n) is 3.26. The second kappa shape index (κ2) is 5.59. The zero-order valence-electron chi connectivity index (χ0n) is 10.8. The lowest BCUT2D eigenvalue weighted by Gasteiger charge is -2.07. The molecule has 0 aliphatic rings. The Morgan fingerprint density at radius 2 is 2.15 bits per heavy atom. The van der Waals surface area contributed by atoms with Crippen LogP contribution in [-0.4, -0.2) is 14.5 Å². The van der Waals surface area contributed by atoms with Crippen LogP contribution in [0.3, 0.4) is 0 Å². The second-order valence-electron chi connectivity index (χ2n) is 4.56. The molecule has 0 bridgehead atoms. The maximum atomic E-state index is 13.4. The predicted octanol–water partition coefficient (Wildman–Crippen LogP) is 3.55. The lowest BCUT2D eigenvalue weighted by Crippen LogP contribution is -2.05. The van der Waals surface area contributed by atoms with E-state index in [1.165, 1.54) is 12.1 Å². The van der Waals surface area contributed by atoms with Crippen LogP contribution in [0.5, 0.6) is 0 Å². The first-order chi connectivity index (χ1) is 9.78. The number of alkyl halides is 1. The summed E-state index contributed by atoms with van der Waals surface area (Å²) in [6.07, 6.45) is 4.38. The van der Waals surface area contributed by atoms with Gasteiger partial charge in [0.1, 0.15) is 11.6 Å². The van der Waals surface area contributed by atoms with Gasteiger partial charge in [-0.3, -0.25) is 4.98 Å². The Labute approximate surface area is 121 Å². The van der Waals surface area contributed by atoms with Gasteiger partial charge >= 0.3 is 0 Å². The topological polar surface area (TPSA) is 30.7 Å². The van der Waals surface area contributed by atoms with E-state index in [1.54, 1.807) is 12.3 Å². The van der Waals surface area contributed by atoms with Crippen LogP contribution in [0.4, 0.5) is 4.39 Å². The minimum atomic E-state index is -0.263. The molecule has 0 amide bonds. The summed E-state index contributed by atoms with van der Waals surface area (Å²) >= 11 is 5.94. The number of imidazole rings is 1. The number of nitrogens with zero attached hydrogens (tertiary/aromatic N) is 3. The Bertz CT molecular complexity index is 725. The van der Waals surface area contributed by atoms with Gasteiger partial charge in [-0.2, -0.15) is 0 Å². The van der Waals surface area contributed by atoms with Crippen molar-refractivity contribution < 1.29 is 4.39 Å². The monoisotopic (exact) mass is 289 g/mol. The molecule has 3 nitrogen and oxygen atoms in total. The van der Waals surface area contributed by atoms with E-state index in [-0.39, 0.29) is 5.82 Å². The largest absolute Gasteiger partial charge is 0.327 e. The van der Waals surface area contributed by atoms with Gasteiger partial charge in [-0.1, -0.05) is 6.07 Å². The highest BCUT2D eigenvalue weighted by Gasteiger charge is 2.10. The summed E-state index contributed by atoms with van der Waals surface area (Å²) in [4.78, 5) is 8.53. The van der Waals surface area contributed by atoms with Crippen LogP contribution < -0.4 is 0 Å². The standard InChI is InChI=1S/C15H13ClFN3/c16-9-15-19-13-4-3-12(17)8-14(13)20(15)7-5-11-2-1-6-18-10-11/h1-4,6,8,10H,5,7,9H2. The minimum absolute atomic E-state index is 0.263. The van der Waals surface area contributed by atoms with Crippen molar-refractivity contribution in [3.05, 3.63) is 59.9 Å². The highest BCUT2D eigenvalue weighted by Crippen LogP contribution is 2.19. The van der Waals surface area contributed by atoms with E-state index in [0.717, 1.165) is 28.8 Å². The number of benzene rings is 1. The van der Waals surface area contributed by atoms with Gasteiger partial charge in [0.05, 0.1) is 16.9 Å². The fourth-order valence-corrected chi connectivity index (χ4v) is 2.49. The van der Waals surface area contributed by atoms with Crippen molar-refractivity contribution in [1.29, 1.82) is 0 Å². The summed E-state index contributed by atoms with van der Waals surface area (Å²) in [5.74, 6) is 0.806. The van der Waals surface area contributed by atoms with Crippen LogP contribution >= 0.6 is 11.6 Å². The summed E-state index contributed by atoms with van der Waals surface area (Å²) in [5.41, 5.74) is 2.68. The molecular weight excluding hydrogens is 277 g/mol. The SMILES string of the molecule is Fc1ccc2nc(CCl)n(CCc3cccnc3)c2c1. The normalized spacial score (nSPS) is 11.1. The van der Waals surface area contributed by atoms with Crippen LogP contribution in [0.25, 0.3) is 11.0 Å². The van der Waals surface area contributed by atoms with Gasteiger partial charge in [0.2, 0.25) is 0 Å². The molecular formula is C15H13ClFN3. The highest BCUT2D eigenvalue weighted by atomic mass is 35.5. The third kappa shape index (κ3) is 2.51. The maximum absolute atomic E-state index is 13.4. The molecule has 20 heavy (non-hydrogen) atoms. The Hall–Kier alpha value is -1.94. The summed E-state index contributed by atoms with van der Waals surface area (Å²) in [7, 11) is 0.